The van der Waals surface area contributed by atoms with Crippen molar-refractivity contribution < 1.29 is 9.53 Å². The molecule has 0 heterocycles. The molecule has 2 aliphatic rings. The number of benzene rings is 3. The van der Waals surface area contributed by atoms with Crippen molar-refractivity contribution in [3.8, 4) is 0 Å². The molecule has 0 unspecified atom stereocenters. The van der Waals surface area contributed by atoms with Crippen LogP contribution in [0.2, 0.25) is 0 Å². The molecule has 0 amide bonds. The maximum atomic E-state index is 11.9. The molecule has 2 nitrogen and oxygen atoms in total. The molecule has 0 N–H and O–H groups in total. The predicted molar refractivity (Wildman–Crippen MR) is 131 cm³/mol. The molecule has 32 heavy (non-hydrogen) atoms. The Morgan fingerprint density at radius 1 is 0.688 bits per heavy atom. The van der Waals surface area contributed by atoms with E-state index in [4.69, 9.17) is 4.74 Å². The van der Waals surface area contributed by atoms with Gasteiger partial charge in [-0.1, -0.05) is 65.7 Å². The molecule has 0 radical (unpaired) electrons. The number of hydrogen-bond acceptors (Lipinski definition) is 2. The fourth-order valence-corrected chi connectivity index (χ4v) is 5.12. The normalized spacial score (nSPS) is 15.3. The Balaban J connectivity index is 1.75. The maximum Gasteiger partial charge on any atom is 0.337 e. The van der Waals surface area contributed by atoms with Crippen molar-refractivity contribution >= 4 is 22.7 Å². The molecule has 0 saturated heterocycles. The lowest BCUT2D eigenvalue weighted by molar-refractivity contribution is 0.0600. The second kappa shape index (κ2) is 8.27. The minimum absolute atomic E-state index is 0.293. The Morgan fingerprint density at radius 3 is 2.00 bits per heavy atom. The number of carbonyl (C=O) groups excluding carboxylic acids is 1. The number of methoxy groups -OCH3 is 1. The molecule has 5 rings (SSSR count). The highest BCUT2D eigenvalue weighted by molar-refractivity contribution is 6.12. The molecule has 3 aromatic carbocycles. The van der Waals surface area contributed by atoms with Crippen molar-refractivity contribution in [3.05, 3.63) is 111 Å². The first-order valence-electron chi connectivity index (χ1n) is 11.4. The number of ether oxygens (including phenoxy) is 1. The van der Waals surface area contributed by atoms with Crippen LogP contribution in [0, 0.1) is 13.8 Å². The van der Waals surface area contributed by atoms with E-state index >= 15 is 0 Å². The van der Waals surface area contributed by atoms with Gasteiger partial charge in [-0.25, -0.2) is 4.79 Å². The molecule has 0 bridgehead atoms. The lowest BCUT2D eigenvalue weighted by Gasteiger charge is -2.14. The molecule has 0 fully saturated rings. The predicted octanol–water partition coefficient (Wildman–Crippen LogP) is 7.39. The van der Waals surface area contributed by atoms with Gasteiger partial charge in [0.25, 0.3) is 0 Å². The Labute approximate surface area is 190 Å². The summed E-state index contributed by atoms with van der Waals surface area (Å²) < 4.78 is 4.88. The largest absolute Gasteiger partial charge is 0.465 e. The number of esters is 1. The molecule has 0 saturated carbocycles. The van der Waals surface area contributed by atoms with Gasteiger partial charge in [0, 0.05) is 0 Å². The fourth-order valence-electron chi connectivity index (χ4n) is 5.12. The zero-order valence-electron chi connectivity index (χ0n) is 19.0. The zero-order chi connectivity index (χ0) is 22.2. The summed E-state index contributed by atoms with van der Waals surface area (Å²) in [6.07, 6.45) is 4.50. The van der Waals surface area contributed by atoms with E-state index in [9.17, 15) is 4.79 Å². The van der Waals surface area contributed by atoms with E-state index < -0.39 is 0 Å². The van der Waals surface area contributed by atoms with Crippen molar-refractivity contribution in [2.75, 3.05) is 7.11 Å². The number of fused-ring (bicyclic) bond motifs is 3. The lowest BCUT2D eigenvalue weighted by Crippen LogP contribution is -2.01. The maximum absolute atomic E-state index is 11.9. The smallest absolute Gasteiger partial charge is 0.337 e. The van der Waals surface area contributed by atoms with E-state index in [2.05, 4.69) is 68.4 Å². The summed E-state index contributed by atoms with van der Waals surface area (Å²) in [6, 6.07) is 23.8. The molecule has 3 aromatic rings. The summed E-state index contributed by atoms with van der Waals surface area (Å²) in [7, 11) is 1.42. The van der Waals surface area contributed by atoms with E-state index in [1.54, 1.807) is 0 Å². The van der Waals surface area contributed by atoms with Crippen LogP contribution in [0.5, 0.6) is 0 Å². The Bertz CT molecular complexity index is 1260. The van der Waals surface area contributed by atoms with Gasteiger partial charge in [0.2, 0.25) is 0 Å². The monoisotopic (exact) mass is 420 g/mol. The van der Waals surface area contributed by atoms with E-state index in [1.807, 2.05) is 12.1 Å². The molecule has 0 aromatic heterocycles. The third-order valence-corrected chi connectivity index (χ3v) is 6.72. The summed E-state index contributed by atoms with van der Waals surface area (Å²) in [5.41, 5.74) is 14.0. The van der Waals surface area contributed by atoms with E-state index in [0.717, 1.165) is 12.8 Å². The third-order valence-electron chi connectivity index (χ3n) is 6.72. The molecule has 0 atom stereocenters. The Kier molecular flexibility index (Phi) is 5.30. The Morgan fingerprint density at radius 2 is 1.31 bits per heavy atom. The zero-order valence-corrected chi connectivity index (χ0v) is 19.0. The second-order valence-corrected chi connectivity index (χ2v) is 8.90. The molecule has 2 heteroatoms. The van der Waals surface area contributed by atoms with Gasteiger partial charge in [0.05, 0.1) is 12.7 Å². The van der Waals surface area contributed by atoms with Gasteiger partial charge in [-0.05, 0) is 96.2 Å². The average molecular weight is 421 g/mol. The van der Waals surface area contributed by atoms with E-state index in [1.165, 1.54) is 75.6 Å². The Hall–Kier alpha value is -3.39. The fraction of sp³-hybridized carbons (Fsp3) is 0.233. The molecule has 160 valence electrons. The summed E-state index contributed by atoms with van der Waals surface area (Å²) >= 11 is 0. The van der Waals surface area contributed by atoms with Crippen LogP contribution in [0.25, 0.3) is 16.7 Å². The van der Waals surface area contributed by atoms with Crippen LogP contribution in [0.3, 0.4) is 0 Å². The van der Waals surface area contributed by atoms with Gasteiger partial charge in [0.1, 0.15) is 0 Å². The van der Waals surface area contributed by atoms with Crippen molar-refractivity contribution in [2.24, 2.45) is 0 Å². The standard InChI is InChI=1S/C30H28O2/c1-19-8-11-22(12-9-19)28-26-7-5-4-6-24(21-13-15-23(16-14-21)30(31)32-3)29(26)25-17-10-20(2)18-27(25)28/h8-18H,4-7H2,1-3H3. The molecule has 2 aliphatic carbocycles. The summed E-state index contributed by atoms with van der Waals surface area (Å²) in [4.78, 5) is 11.9. The van der Waals surface area contributed by atoms with Gasteiger partial charge >= 0.3 is 5.97 Å². The van der Waals surface area contributed by atoms with Crippen LogP contribution in [0.4, 0.5) is 0 Å². The van der Waals surface area contributed by atoms with Crippen molar-refractivity contribution in [1.82, 2.24) is 0 Å². The topological polar surface area (TPSA) is 26.3 Å². The van der Waals surface area contributed by atoms with Crippen LogP contribution in [0.1, 0.15) is 69.4 Å². The van der Waals surface area contributed by atoms with Gasteiger partial charge in [-0.2, -0.15) is 0 Å². The van der Waals surface area contributed by atoms with E-state index in [-0.39, 0.29) is 5.97 Å². The molecule has 0 spiro atoms. The van der Waals surface area contributed by atoms with Crippen LogP contribution in [0.15, 0.2) is 72.3 Å². The first kappa shape index (κ1) is 20.5. The van der Waals surface area contributed by atoms with Gasteiger partial charge in [0.15, 0.2) is 0 Å². The number of allylic oxidation sites excluding steroid dienone is 3. The van der Waals surface area contributed by atoms with Gasteiger partial charge < -0.3 is 4.74 Å². The summed E-state index contributed by atoms with van der Waals surface area (Å²) in [6.45, 7) is 4.31. The van der Waals surface area contributed by atoms with Crippen LogP contribution < -0.4 is 0 Å². The quantitative estimate of drug-likeness (QED) is 0.413. The van der Waals surface area contributed by atoms with Crippen molar-refractivity contribution in [2.45, 2.75) is 39.5 Å². The van der Waals surface area contributed by atoms with Crippen LogP contribution >= 0.6 is 0 Å². The average Bonchev–Trinajstić information content (AvgIpc) is 2.96. The van der Waals surface area contributed by atoms with Crippen molar-refractivity contribution in [1.29, 1.82) is 0 Å². The molecular weight excluding hydrogens is 392 g/mol. The van der Waals surface area contributed by atoms with Crippen LogP contribution in [-0.2, 0) is 4.74 Å². The molecular formula is C30H28O2. The number of rotatable bonds is 3. The highest BCUT2D eigenvalue weighted by Crippen LogP contribution is 2.51. The highest BCUT2D eigenvalue weighted by Gasteiger charge is 2.31. The first-order chi connectivity index (χ1) is 15.6. The highest BCUT2D eigenvalue weighted by atomic mass is 16.5. The second-order valence-electron chi connectivity index (χ2n) is 8.90. The minimum atomic E-state index is -0.293. The van der Waals surface area contributed by atoms with E-state index in [0.29, 0.717) is 5.56 Å². The number of hydrogen-bond donors (Lipinski definition) is 0. The SMILES string of the molecule is COC(=O)c1ccc(C2=C3C(=C(c4ccc(C)cc4)c4cc(C)ccc43)CCCC2)cc1. The van der Waals surface area contributed by atoms with Crippen molar-refractivity contribution in [3.63, 3.8) is 0 Å². The third kappa shape index (κ3) is 3.50. The molecule has 0 aliphatic heterocycles. The van der Waals surface area contributed by atoms with Crippen LogP contribution in [-0.4, -0.2) is 13.1 Å². The van der Waals surface area contributed by atoms with Gasteiger partial charge in [-0.3, -0.25) is 0 Å². The van der Waals surface area contributed by atoms with Gasteiger partial charge in [-0.15, -0.1) is 0 Å². The summed E-state index contributed by atoms with van der Waals surface area (Å²) in [5.74, 6) is -0.293. The minimum Gasteiger partial charge on any atom is -0.465 e. The first-order valence-corrected chi connectivity index (χ1v) is 11.4. The number of aryl methyl sites for hydroxylation is 2. The lowest BCUT2D eigenvalue weighted by atomic mass is 9.90. The summed E-state index contributed by atoms with van der Waals surface area (Å²) in [5, 5.41) is 0. The number of carbonyl (C=O) groups is 1.